The molecule has 0 aromatic heterocycles. The van der Waals surface area contributed by atoms with E-state index >= 15 is 0 Å². The summed E-state index contributed by atoms with van der Waals surface area (Å²) in [5.74, 6) is 0. The number of nitro groups is 1. The molecule has 1 N–H and O–H groups in total. The zero-order valence-electron chi connectivity index (χ0n) is 11.0. The van der Waals surface area contributed by atoms with E-state index in [2.05, 4.69) is 19.2 Å². The van der Waals surface area contributed by atoms with Crippen LogP contribution in [0.4, 0.5) is 11.4 Å². The number of nitrogens with zero attached hydrogens (tertiary/aromatic N) is 1. The molecule has 1 atom stereocenters. The van der Waals surface area contributed by atoms with Crippen LogP contribution < -0.4 is 5.32 Å². The molecule has 5 nitrogen and oxygen atoms in total. The third-order valence-corrected chi connectivity index (χ3v) is 3.53. The van der Waals surface area contributed by atoms with Crippen LogP contribution >= 0.6 is 11.6 Å². The highest BCUT2D eigenvalue weighted by Gasteiger charge is 2.29. The Labute approximate surface area is 117 Å². The topological polar surface area (TPSA) is 64.4 Å². The lowest BCUT2D eigenvalue weighted by Gasteiger charge is -2.36. The summed E-state index contributed by atoms with van der Waals surface area (Å²) in [5.41, 5.74) is 0.584. The summed E-state index contributed by atoms with van der Waals surface area (Å²) in [7, 11) is 0. The molecule has 1 aromatic rings. The maximum absolute atomic E-state index is 10.6. The van der Waals surface area contributed by atoms with Crippen LogP contribution in [-0.4, -0.2) is 23.2 Å². The van der Waals surface area contributed by atoms with Crippen molar-refractivity contribution in [1.29, 1.82) is 0 Å². The Morgan fingerprint density at radius 2 is 2.26 bits per heavy atom. The Hall–Kier alpha value is -1.33. The minimum atomic E-state index is -0.451. The zero-order chi connectivity index (χ0) is 14.0. The molecule has 1 fully saturated rings. The summed E-state index contributed by atoms with van der Waals surface area (Å²) in [6.45, 7) is 4.81. The predicted octanol–water partition coefficient (Wildman–Crippen LogP) is 3.62. The Morgan fingerprint density at radius 3 is 2.84 bits per heavy atom. The molecule has 0 saturated carbocycles. The van der Waals surface area contributed by atoms with Gasteiger partial charge in [-0.1, -0.05) is 11.6 Å². The monoisotopic (exact) mass is 284 g/mol. The minimum absolute atomic E-state index is 0.00265. The summed E-state index contributed by atoms with van der Waals surface area (Å²) in [5, 5.41) is 14.4. The molecule has 1 aromatic carbocycles. The highest BCUT2D eigenvalue weighted by Crippen LogP contribution is 2.31. The Bertz CT molecular complexity index is 491. The Kier molecular flexibility index (Phi) is 3.96. The van der Waals surface area contributed by atoms with Gasteiger partial charge in [-0.2, -0.15) is 0 Å². The van der Waals surface area contributed by atoms with E-state index in [0.29, 0.717) is 11.6 Å². The quantitative estimate of drug-likeness (QED) is 0.680. The maximum Gasteiger partial charge on any atom is 0.271 e. The first-order valence-electron chi connectivity index (χ1n) is 6.22. The van der Waals surface area contributed by atoms with E-state index in [1.165, 1.54) is 12.1 Å². The van der Waals surface area contributed by atoms with Crippen molar-refractivity contribution in [2.24, 2.45) is 0 Å². The summed E-state index contributed by atoms with van der Waals surface area (Å²) in [6.07, 6.45) is 1.77. The van der Waals surface area contributed by atoms with Crippen LogP contribution in [0.15, 0.2) is 18.2 Å². The van der Waals surface area contributed by atoms with Gasteiger partial charge in [0.15, 0.2) is 0 Å². The van der Waals surface area contributed by atoms with Crippen molar-refractivity contribution >= 4 is 23.0 Å². The number of anilines is 1. The van der Waals surface area contributed by atoms with Crippen molar-refractivity contribution in [1.82, 2.24) is 0 Å². The molecule has 0 radical (unpaired) electrons. The number of benzene rings is 1. The average molecular weight is 285 g/mol. The molecule has 1 aliphatic rings. The van der Waals surface area contributed by atoms with Gasteiger partial charge in [0.05, 0.1) is 21.2 Å². The van der Waals surface area contributed by atoms with Gasteiger partial charge in [0.25, 0.3) is 5.69 Å². The van der Waals surface area contributed by atoms with Crippen molar-refractivity contribution in [2.45, 2.75) is 38.3 Å². The van der Waals surface area contributed by atoms with E-state index in [-0.39, 0.29) is 17.3 Å². The standard InChI is InChI=1S/C13H17ClN2O3/c1-13(2)8-9(5-6-19-13)15-12-4-3-10(16(17)18)7-11(12)14/h3-4,7,9,15H,5-6,8H2,1-2H3. The van der Waals surface area contributed by atoms with Gasteiger partial charge < -0.3 is 10.1 Å². The first kappa shape index (κ1) is 14.1. The number of rotatable bonds is 3. The molecule has 0 bridgehead atoms. The lowest BCUT2D eigenvalue weighted by Crippen LogP contribution is -2.40. The van der Waals surface area contributed by atoms with Gasteiger partial charge in [0.2, 0.25) is 0 Å². The number of nitro benzene ring substituents is 1. The summed E-state index contributed by atoms with van der Waals surface area (Å²) in [4.78, 5) is 10.2. The van der Waals surface area contributed by atoms with E-state index in [1.54, 1.807) is 6.07 Å². The van der Waals surface area contributed by atoms with Crippen molar-refractivity contribution in [3.05, 3.63) is 33.3 Å². The fourth-order valence-electron chi connectivity index (χ4n) is 2.31. The molecule has 1 heterocycles. The third kappa shape index (κ3) is 3.58. The molecule has 1 aliphatic heterocycles. The van der Waals surface area contributed by atoms with Crippen LogP contribution in [0.3, 0.4) is 0 Å². The van der Waals surface area contributed by atoms with E-state index in [1.807, 2.05) is 0 Å². The molecular weight excluding hydrogens is 268 g/mol. The molecule has 0 aliphatic carbocycles. The summed E-state index contributed by atoms with van der Waals surface area (Å²) < 4.78 is 5.65. The molecule has 6 heteroatoms. The van der Waals surface area contributed by atoms with E-state index < -0.39 is 4.92 Å². The number of hydrogen-bond donors (Lipinski definition) is 1. The predicted molar refractivity (Wildman–Crippen MR) is 74.8 cm³/mol. The second-order valence-electron chi connectivity index (χ2n) is 5.36. The first-order valence-corrected chi connectivity index (χ1v) is 6.60. The number of halogens is 1. The smallest absolute Gasteiger partial charge is 0.271 e. The average Bonchev–Trinajstić information content (AvgIpc) is 2.30. The van der Waals surface area contributed by atoms with Gasteiger partial charge in [-0.25, -0.2) is 0 Å². The largest absolute Gasteiger partial charge is 0.381 e. The van der Waals surface area contributed by atoms with Crippen LogP contribution in [0.1, 0.15) is 26.7 Å². The van der Waals surface area contributed by atoms with Gasteiger partial charge in [0.1, 0.15) is 0 Å². The minimum Gasteiger partial charge on any atom is -0.381 e. The van der Waals surface area contributed by atoms with Crippen molar-refractivity contribution in [3.63, 3.8) is 0 Å². The molecular formula is C13H17ClN2O3. The van der Waals surface area contributed by atoms with Crippen LogP contribution in [0.2, 0.25) is 5.02 Å². The van der Waals surface area contributed by atoms with Crippen molar-refractivity contribution in [3.8, 4) is 0 Å². The molecule has 19 heavy (non-hydrogen) atoms. The SMILES string of the molecule is CC1(C)CC(Nc2ccc([N+](=O)[O-])cc2Cl)CCO1. The maximum atomic E-state index is 10.6. The summed E-state index contributed by atoms with van der Waals surface area (Å²) in [6, 6.07) is 4.75. The fourth-order valence-corrected chi connectivity index (χ4v) is 2.54. The van der Waals surface area contributed by atoms with Crippen molar-refractivity contribution < 1.29 is 9.66 Å². The van der Waals surface area contributed by atoms with Crippen LogP contribution in [-0.2, 0) is 4.74 Å². The lowest BCUT2D eigenvalue weighted by atomic mass is 9.94. The van der Waals surface area contributed by atoms with Gasteiger partial charge in [-0.3, -0.25) is 10.1 Å². The van der Waals surface area contributed by atoms with Gasteiger partial charge in [-0.15, -0.1) is 0 Å². The molecule has 0 amide bonds. The van der Waals surface area contributed by atoms with Gasteiger partial charge in [-0.05, 0) is 32.8 Å². The van der Waals surface area contributed by atoms with E-state index in [0.717, 1.165) is 18.5 Å². The van der Waals surface area contributed by atoms with E-state index in [9.17, 15) is 10.1 Å². The molecule has 2 rings (SSSR count). The normalized spacial score (nSPS) is 21.9. The lowest BCUT2D eigenvalue weighted by molar-refractivity contribution is -0.384. The highest BCUT2D eigenvalue weighted by atomic mass is 35.5. The zero-order valence-corrected chi connectivity index (χ0v) is 11.7. The van der Waals surface area contributed by atoms with Crippen LogP contribution in [0.5, 0.6) is 0 Å². The van der Waals surface area contributed by atoms with Crippen LogP contribution in [0, 0.1) is 10.1 Å². The number of hydrogen-bond acceptors (Lipinski definition) is 4. The first-order chi connectivity index (χ1) is 8.87. The van der Waals surface area contributed by atoms with E-state index in [4.69, 9.17) is 16.3 Å². The van der Waals surface area contributed by atoms with Crippen LogP contribution in [0.25, 0.3) is 0 Å². The number of nitrogens with one attached hydrogen (secondary N) is 1. The second kappa shape index (κ2) is 5.35. The Balaban J connectivity index is 2.09. The fraction of sp³-hybridized carbons (Fsp3) is 0.538. The summed E-state index contributed by atoms with van der Waals surface area (Å²) >= 11 is 6.07. The van der Waals surface area contributed by atoms with Gasteiger partial charge >= 0.3 is 0 Å². The molecule has 0 spiro atoms. The van der Waals surface area contributed by atoms with Gasteiger partial charge in [0, 0.05) is 24.8 Å². The molecule has 1 saturated heterocycles. The van der Waals surface area contributed by atoms with Crippen molar-refractivity contribution in [2.75, 3.05) is 11.9 Å². The highest BCUT2D eigenvalue weighted by molar-refractivity contribution is 6.33. The molecule has 1 unspecified atom stereocenters. The molecule has 104 valence electrons. The number of non-ortho nitro benzene ring substituents is 1. The third-order valence-electron chi connectivity index (χ3n) is 3.22. The number of ether oxygens (including phenoxy) is 1. The Morgan fingerprint density at radius 1 is 1.53 bits per heavy atom. The second-order valence-corrected chi connectivity index (χ2v) is 5.77.